The molecule has 0 bridgehead atoms. The topological polar surface area (TPSA) is 150 Å². The third kappa shape index (κ3) is 8.63. The first kappa shape index (κ1) is 37.9. The smallest absolute Gasteiger partial charge is 0.305 e. The zero-order valence-electron chi connectivity index (χ0n) is 28.5. The number of aryl methyl sites for hydroxylation is 1. The Balaban J connectivity index is 1.81. The molecule has 1 heterocycles. The summed E-state index contributed by atoms with van der Waals surface area (Å²) in [4.78, 5) is 42.8. The van der Waals surface area contributed by atoms with E-state index in [1.807, 2.05) is 81.4 Å². The van der Waals surface area contributed by atoms with E-state index in [2.05, 4.69) is 0 Å². The fraction of sp³-hybridized carbons (Fsp3) is 0.400. The highest BCUT2D eigenvalue weighted by Gasteiger charge is 2.62. The molecule has 4 rings (SSSR count). The van der Waals surface area contributed by atoms with E-state index >= 15 is 0 Å². The van der Waals surface area contributed by atoms with Gasteiger partial charge in [-0.15, -0.1) is 0 Å². The lowest BCUT2D eigenvalue weighted by Gasteiger charge is -2.42. The summed E-state index contributed by atoms with van der Waals surface area (Å²) in [6.45, 7) is 9.76. The van der Waals surface area contributed by atoms with E-state index in [9.17, 15) is 22.8 Å². The third-order valence-electron chi connectivity index (χ3n) is 7.99. The lowest BCUT2D eigenvalue weighted by atomic mass is 9.96. The van der Waals surface area contributed by atoms with Gasteiger partial charge in [-0.2, -0.15) is 8.42 Å². The van der Waals surface area contributed by atoms with Crippen molar-refractivity contribution < 1.29 is 55.4 Å². The standard InChI is InChI=1S/C35H42O12SSi/c1-24-18-20-28(21-19-24)48(39,40)42-23-35(32(44-26(3)37)31(43-25(2)36)33(46-35)45-27(4)38)22-41-47-49(34(5,6)7,29-14-10-8-11-15-29)30-16-12-9-13-17-30/h8-21,31-33H,22-23H2,1-7H3/t31-,32+,33?,35+/m1/s1. The molecule has 0 aromatic heterocycles. The second kappa shape index (κ2) is 15.3. The van der Waals surface area contributed by atoms with Crippen LogP contribution in [0.1, 0.15) is 47.1 Å². The van der Waals surface area contributed by atoms with Gasteiger partial charge >= 0.3 is 26.2 Å². The Morgan fingerprint density at radius 3 is 1.73 bits per heavy atom. The van der Waals surface area contributed by atoms with Crippen molar-refractivity contribution in [3.8, 4) is 0 Å². The Hall–Kier alpha value is -3.92. The van der Waals surface area contributed by atoms with Gasteiger partial charge < -0.3 is 18.9 Å². The van der Waals surface area contributed by atoms with Gasteiger partial charge in [0.25, 0.3) is 10.1 Å². The average molecular weight is 715 g/mol. The van der Waals surface area contributed by atoms with Crippen LogP contribution in [0.15, 0.2) is 89.8 Å². The summed E-state index contributed by atoms with van der Waals surface area (Å²) in [5, 5.41) is 1.22. The molecule has 0 radical (unpaired) electrons. The largest absolute Gasteiger partial charge is 0.455 e. The maximum absolute atomic E-state index is 13.4. The number of esters is 3. The van der Waals surface area contributed by atoms with E-state index in [1.165, 1.54) is 12.1 Å². The summed E-state index contributed by atoms with van der Waals surface area (Å²) in [7, 11) is -7.75. The van der Waals surface area contributed by atoms with Crippen LogP contribution in [0, 0.1) is 6.92 Å². The summed E-state index contributed by atoms with van der Waals surface area (Å²) in [5.41, 5.74) is -1.22. The van der Waals surface area contributed by atoms with Gasteiger partial charge in [0.05, 0.1) is 4.90 Å². The summed E-state index contributed by atoms with van der Waals surface area (Å²) in [5.74, 6) is -2.44. The second-order valence-corrected chi connectivity index (χ2v) is 18.6. The summed E-state index contributed by atoms with van der Waals surface area (Å²) in [6, 6.07) is 25.1. The molecule has 1 aliphatic heterocycles. The first-order valence-electron chi connectivity index (χ1n) is 15.6. The SMILES string of the molecule is CC(=O)OC1O[C@@](COO[Si](c2ccccc2)(c2ccccc2)C(C)(C)C)(COS(=O)(=O)c2ccc(C)cc2)[C@@H](OC(C)=O)[C@H]1OC(C)=O. The van der Waals surface area contributed by atoms with Crippen LogP contribution in [0.4, 0.5) is 0 Å². The van der Waals surface area contributed by atoms with Gasteiger partial charge in [-0.25, -0.2) is 4.89 Å². The normalized spacial score (nSPS) is 21.2. The average Bonchev–Trinajstić information content (AvgIpc) is 3.28. The number of carbonyl (C=O) groups is 3. The van der Waals surface area contributed by atoms with Gasteiger partial charge in [0.15, 0.2) is 11.7 Å². The van der Waals surface area contributed by atoms with Crippen LogP contribution in [0.3, 0.4) is 0 Å². The number of hydrogen-bond donors (Lipinski definition) is 0. The van der Waals surface area contributed by atoms with E-state index in [0.29, 0.717) is 0 Å². The molecule has 0 N–H and O–H groups in total. The quantitative estimate of drug-likeness (QED) is 0.0634. The molecule has 4 atom stereocenters. The number of hydrogen-bond acceptors (Lipinski definition) is 12. The highest BCUT2D eigenvalue weighted by molar-refractivity contribution is 7.86. The molecular formula is C35H42O12SSi. The van der Waals surface area contributed by atoms with Crippen LogP contribution < -0.4 is 10.4 Å². The van der Waals surface area contributed by atoms with Gasteiger partial charge in [0, 0.05) is 20.8 Å². The van der Waals surface area contributed by atoms with Crippen molar-refractivity contribution in [2.24, 2.45) is 0 Å². The summed E-state index contributed by atoms with van der Waals surface area (Å²) in [6.07, 6.45) is -4.73. The fourth-order valence-electron chi connectivity index (χ4n) is 5.77. The molecule has 12 nitrogen and oxygen atoms in total. The third-order valence-corrected chi connectivity index (χ3v) is 14.0. The van der Waals surface area contributed by atoms with Crippen LogP contribution in [0.25, 0.3) is 0 Å². The summed E-state index contributed by atoms with van der Waals surface area (Å²) >= 11 is 0. The van der Waals surface area contributed by atoms with E-state index in [-0.39, 0.29) is 4.90 Å². The lowest BCUT2D eigenvalue weighted by Crippen LogP contribution is -2.67. The van der Waals surface area contributed by atoms with Crippen molar-refractivity contribution in [2.45, 2.75) is 82.5 Å². The van der Waals surface area contributed by atoms with Gasteiger partial charge in [0.2, 0.25) is 12.4 Å². The molecule has 0 amide bonds. The first-order valence-corrected chi connectivity index (χ1v) is 18.9. The van der Waals surface area contributed by atoms with Crippen molar-refractivity contribution in [3.63, 3.8) is 0 Å². The zero-order chi connectivity index (χ0) is 36.0. The number of carbonyl (C=O) groups excluding carboxylic acids is 3. The highest BCUT2D eigenvalue weighted by Crippen LogP contribution is 2.40. The molecule has 49 heavy (non-hydrogen) atoms. The maximum Gasteiger partial charge on any atom is 0.305 e. The molecule has 0 saturated carbocycles. The molecule has 3 aromatic carbocycles. The zero-order valence-corrected chi connectivity index (χ0v) is 30.4. The van der Waals surface area contributed by atoms with Crippen LogP contribution in [-0.2, 0) is 57.1 Å². The molecule has 264 valence electrons. The number of rotatable bonds is 13. The van der Waals surface area contributed by atoms with Gasteiger partial charge in [-0.05, 0) is 34.5 Å². The predicted octanol–water partition coefficient (Wildman–Crippen LogP) is 3.73. The van der Waals surface area contributed by atoms with Crippen LogP contribution in [0.2, 0.25) is 5.04 Å². The maximum atomic E-state index is 13.4. The van der Waals surface area contributed by atoms with E-state index < -0.39 is 78.7 Å². The van der Waals surface area contributed by atoms with Crippen molar-refractivity contribution >= 4 is 46.7 Å². The number of benzene rings is 3. The number of ether oxygens (including phenoxy) is 4. The van der Waals surface area contributed by atoms with E-state index in [1.54, 1.807) is 19.1 Å². The molecule has 1 saturated heterocycles. The monoisotopic (exact) mass is 714 g/mol. The first-order chi connectivity index (χ1) is 23.0. The minimum atomic E-state index is -4.42. The minimum absolute atomic E-state index is 0.146. The van der Waals surface area contributed by atoms with E-state index in [0.717, 1.165) is 36.7 Å². The van der Waals surface area contributed by atoms with Crippen molar-refractivity contribution in [1.82, 2.24) is 0 Å². The molecule has 0 spiro atoms. The second-order valence-electron chi connectivity index (χ2n) is 12.8. The Labute approximate surface area is 287 Å². The molecular weight excluding hydrogens is 673 g/mol. The Morgan fingerprint density at radius 2 is 1.27 bits per heavy atom. The molecule has 3 aromatic rings. The Kier molecular flexibility index (Phi) is 11.8. The molecule has 1 aliphatic rings. The van der Waals surface area contributed by atoms with Gasteiger partial charge in [-0.3, -0.25) is 23.1 Å². The van der Waals surface area contributed by atoms with Crippen LogP contribution >= 0.6 is 0 Å². The highest BCUT2D eigenvalue weighted by atomic mass is 32.2. The fourth-order valence-corrected chi connectivity index (χ4v) is 10.8. The molecule has 1 unspecified atom stereocenters. The lowest BCUT2D eigenvalue weighted by molar-refractivity contribution is -0.281. The predicted molar refractivity (Wildman–Crippen MR) is 179 cm³/mol. The van der Waals surface area contributed by atoms with E-state index in [4.69, 9.17) is 32.6 Å². The summed E-state index contributed by atoms with van der Waals surface area (Å²) < 4.78 is 61.5. The van der Waals surface area contributed by atoms with Gasteiger partial charge in [-0.1, -0.05) is 99.1 Å². The van der Waals surface area contributed by atoms with Crippen molar-refractivity contribution in [3.05, 3.63) is 90.5 Å². The Morgan fingerprint density at radius 1 is 0.755 bits per heavy atom. The van der Waals surface area contributed by atoms with Crippen LogP contribution in [-0.4, -0.2) is 72.0 Å². The molecule has 0 aliphatic carbocycles. The Bertz CT molecular complexity index is 1670. The molecule has 14 heteroatoms. The van der Waals surface area contributed by atoms with Crippen molar-refractivity contribution in [2.75, 3.05) is 13.2 Å². The molecule has 1 fully saturated rings. The van der Waals surface area contributed by atoms with Gasteiger partial charge in [0.1, 0.15) is 13.2 Å². The minimum Gasteiger partial charge on any atom is -0.455 e. The van der Waals surface area contributed by atoms with Crippen molar-refractivity contribution in [1.29, 1.82) is 0 Å². The van der Waals surface area contributed by atoms with Crippen LogP contribution in [0.5, 0.6) is 0 Å².